The first-order valence-corrected chi connectivity index (χ1v) is 8.29. The molecule has 0 saturated carbocycles. The van der Waals surface area contributed by atoms with Crippen molar-refractivity contribution in [3.8, 4) is 17.2 Å². The van der Waals surface area contributed by atoms with Crippen molar-refractivity contribution >= 4 is 51.2 Å². The van der Waals surface area contributed by atoms with Crippen LogP contribution in [-0.4, -0.2) is 23.3 Å². The molecule has 0 atom stereocenters. The third kappa shape index (κ3) is 3.94. The molecule has 5 nitrogen and oxygen atoms in total. The fourth-order valence-corrected chi connectivity index (χ4v) is 4.08. The molecule has 0 aliphatic heterocycles. The van der Waals surface area contributed by atoms with Crippen molar-refractivity contribution in [3.63, 3.8) is 0 Å². The van der Waals surface area contributed by atoms with Crippen LogP contribution in [0, 0.1) is 7.14 Å². The molecule has 0 saturated heterocycles. The number of aromatic hydroxyl groups is 1. The summed E-state index contributed by atoms with van der Waals surface area (Å²) in [6, 6.07) is 8.05. The van der Waals surface area contributed by atoms with Gasteiger partial charge in [-0.25, -0.2) is 4.79 Å². The molecule has 0 aliphatic carbocycles. The van der Waals surface area contributed by atoms with Crippen molar-refractivity contribution in [1.29, 1.82) is 0 Å². The van der Waals surface area contributed by atoms with E-state index in [1.807, 2.05) is 12.1 Å². The fourth-order valence-electron chi connectivity index (χ4n) is 1.89. The molecule has 0 amide bonds. The molecule has 0 spiro atoms. The van der Waals surface area contributed by atoms with Crippen LogP contribution in [0.3, 0.4) is 0 Å². The summed E-state index contributed by atoms with van der Waals surface area (Å²) in [5.41, 5.74) is 0.717. The second-order valence-electron chi connectivity index (χ2n) is 4.35. The molecule has 0 aliphatic rings. The highest BCUT2D eigenvalue weighted by atomic mass is 127. The molecule has 0 bridgehead atoms. The number of carboxylic acids is 1. The molecule has 0 unspecified atom stereocenters. The van der Waals surface area contributed by atoms with Crippen LogP contribution in [-0.2, 0) is 6.61 Å². The van der Waals surface area contributed by atoms with E-state index in [1.54, 1.807) is 7.11 Å². The van der Waals surface area contributed by atoms with E-state index in [1.165, 1.54) is 18.2 Å². The monoisotopic (exact) mass is 526 g/mol. The highest BCUT2D eigenvalue weighted by molar-refractivity contribution is 14.1. The Balaban J connectivity index is 2.20. The van der Waals surface area contributed by atoms with Crippen LogP contribution in [0.5, 0.6) is 17.2 Å². The lowest BCUT2D eigenvalue weighted by atomic mass is 10.2. The van der Waals surface area contributed by atoms with Gasteiger partial charge < -0.3 is 19.7 Å². The first-order valence-electron chi connectivity index (χ1n) is 6.13. The van der Waals surface area contributed by atoms with E-state index in [9.17, 15) is 9.90 Å². The van der Waals surface area contributed by atoms with Gasteiger partial charge in [0, 0.05) is 15.2 Å². The number of benzene rings is 2. The molecule has 2 N–H and O–H groups in total. The summed E-state index contributed by atoms with van der Waals surface area (Å²) in [5.74, 6) is -0.377. The molecule has 0 heterocycles. The van der Waals surface area contributed by atoms with Crippen molar-refractivity contribution in [3.05, 3.63) is 48.6 Å². The smallest absolute Gasteiger partial charge is 0.339 e. The second-order valence-corrected chi connectivity index (χ2v) is 6.76. The van der Waals surface area contributed by atoms with E-state index in [0.29, 0.717) is 5.75 Å². The summed E-state index contributed by atoms with van der Waals surface area (Å²) in [6.07, 6.45) is 0. The Morgan fingerprint density at radius 1 is 1.23 bits per heavy atom. The van der Waals surface area contributed by atoms with Gasteiger partial charge in [0.25, 0.3) is 0 Å². The van der Waals surface area contributed by atoms with Crippen LogP contribution < -0.4 is 9.47 Å². The van der Waals surface area contributed by atoms with Crippen molar-refractivity contribution < 1.29 is 24.5 Å². The summed E-state index contributed by atoms with van der Waals surface area (Å²) in [4.78, 5) is 10.9. The van der Waals surface area contributed by atoms with Gasteiger partial charge in [0.2, 0.25) is 0 Å². The van der Waals surface area contributed by atoms with Gasteiger partial charge in [-0.1, -0.05) is 0 Å². The molecule has 7 heteroatoms. The van der Waals surface area contributed by atoms with Crippen LogP contribution in [0.1, 0.15) is 15.9 Å². The number of hydrogen-bond donors (Lipinski definition) is 2. The molecule has 2 rings (SSSR count). The lowest BCUT2D eigenvalue weighted by molar-refractivity contribution is 0.0693. The fraction of sp³-hybridized carbons (Fsp3) is 0.133. The van der Waals surface area contributed by atoms with Gasteiger partial charge in [0.1, 0.15) is 29.4 Å². The van der Waals surface area contributed by atoms with Crippen LogP contribution >= 0.6 is 45.2 Å². The highest BCUT2D eigenvalue weighted by Gasteiger charge is 2.12. The number of carbonyl (C=O) groups is 1. The lowest BCUT2D eigenvalue weighted by Crippen LogP contribution is -2.02. The van der Waals surface area contributed by atoms with Crippen LogP contribution in [0.15, 0.2) is 30.3 Å². The number of hydrogen-bond acceptors (Lipinski definition) is 4. The molecule has 0 aromatic heterocycles. The van der Waals surface area contributed by atoms with Gasteiger partial charge in [-0.3, -0.25) is 0 Å². The van der Waals surface area contributed by atoms with Crippen molar-refractivity contribution in [2.75, 3.05) is 7.11 Å². The van der Waals surface area contributed by atoms with E-state index in [0.717, 1.165) is 18.5 Å². The Labute approximate surface area is 154 Å². The summed E-state index contributed by atoms with van der Waals surface area (Å²) in [6.45, 7) is 0.252. The molecule has 2 aromatic carbocycles. The van der Waals surface area contributed by atoms with Gasteiger partial charge in [-0.2, -0.15) is 0 Å². The maximum Gasteiger partial charge on any atom is 0.339 e. The summed E-state index contributed by atoms with van der Waals surface area (Å²) >= 11 is 4.41. The molecule has 2 aromatic rings. The van der Waals surface area contributed by atoms with Gasteiger partial charge >= 0.3 is 5.97 Å². The van der Waals surface area contributed by atoms with E-state index in [-0.39, 0.29) is 17.9 Å². The average Bonchev–Trinajstić information content (AvgIpc) is 2.44. The normalized spacial score (nSPS) is 10.3. The quantitative estimate of drug-likeness (QED) is 0.579. The standard InChI is InChI=1S/C15H12I2O5/c1-21-14-8(4-9(16)5-12(14)17)7-22-10-2-3-11(15(19)20)13(18)6-10/h2-6,18H,7H2,1H3,(H,19,20). The number of rotatable bonds is 5. The zero-order chi connectivity index (χ0) is 16.3. The van der Waals surface area contributed by atoms with E-state index in [2.05, 4.69) is 45.2 Å². The molecular weight excluding hydrogens is 514 g/mol. The molecule has 0 fully saturated rings. The predicted molar refractivity (Wildman–Crippen MR) is 97.8 cm³/mol. The molecule has 22 heavy (non-hydrogen) atoms. The number of phenols is 1. The zero-order valence-corrected chi connectivity index (χ0v) is 15.8. The summed E-state index contributed by atoms with van der Waals surface area (Å²) < 4.78 is 13.0. The Hall–Kier alpha value is -1.23. The van der Waals surface area contributed by atoms with Crippen LogP contribution in [0.2, 0.25) is 0 Å². The predicted octanol–water partition coefficient (Wildman–Crippen LogP) is 3.89. The molecule has 0 radical (unpaired) electrons. The van der Waals surface area contributed by atoms with Gasteiger partial charge in [-0.05, 0) is 69.4 Å². The Kier molecular flexibility index (Phi) is 5.73. The Morgan fingerprint density at radius 3 is 2.55 bits per heavy atom. The largest absolute Gasteiger partial charge is 0.507 e. The minimum absolute atomic E-state index is 0.159. The lowest BCUT2D eigenvalue weighted by Gasteiger charge is -2.13. The minimum atomic E-state index is -1.18. The Morgan fingerprint density at radius 2 is 1.95 bits per heavy atom. The van der Waals surface area contributed by atoms with E-state index in [4.69, 9.17) is 14.6 Å². The SMILES string of the molecule is COc1c(I)cc(I)cc1COc1ccc(C(=O)O)c(O)c1. The Bertz CT molecular complexity index is 715. The summed E-state index contributed by atoms with van der Waals surface area (Å²) in [5, 5.41) is 18.5. The molecule has 116 valence electrons. The van der Waals surface area contributed by atoms with Crippen molar-refractivity contribution in [2.45, 2.75) is 6.61 Å². The second kappa shape index (κ2) is 7.36. The first-order chi connectivity index (χ1) is 10.4. The first kappa shape index (κ1) is 17.1. The molecular formula is C15H12I2O5. The highest BCUT2D eigenvalue weighted by Crippen LogP contribution is 2.30. The number of carboxylic acid groups (broad SMARTS) is 1. The maximum atomic E-state index is 10.9. The van der Waals surface area contributed by atoms with Gasteiger partial charge in [0.15, 0.2) is 0 Å². The van der Waals surface area contributed by atoms with E-state index < -0.39 is 5.97 Å². The maximum absolute atomic E-state index is 10.9. The third-order valence-electron chi connectivity index (χ3n) is 2.88. The van der Waals surface area contributed by atoms with Crippen LogP contribution in [0.25, 0.3) is 0 Å². The third-order valence-corrected chi connectivity index (χ3v) is 4.31. The zero-order valence-electron chi connectivity index (χ0n) is 11.5. The van der Waals surface area contributed by atoms with Gasteiger partial charge in [0.05, 0.1) is 10.7 Å². The van der Waals surface area contributed by atoms with Gasteiger partial charge in [-0.15, -0.1) is 0 Å². The van der Waals surface area contributed by atoms with Crippen molar-refractivity contribution in [2.24, 2.45) is 0 Å². The summed E-state index contributed by atoms with van der Waals surface area (Å²) in [7, 11) is 1.60. The van der Waals surface area contributed by atoms with E-state index >= 15 is 0 Å². The minimum Gasteiger partial charge on any atom is -0.507 e. The topological polar surface area (TPSA) is 76.0 Å². The van der Waals surface area contributed by atoms with Crippen LogP contribution in [0.4, 0.5) is 0 Å². The number of methoxy groups -OCH3 is 1. The number of aromatic carboxylic acids is 1. The van der Waals surface area contributed by atoms with Crippen molar-refractivity contribution in [1.82, 2.24) is 0 Å². The number of ether oxygens (including phenoxy) is 2. The average molecular weight is 526 g/mol. The number of halogens is 2.